The summed E-state index contributed by atoms with van der Waals surface area (Å²) < 4.78 is 4.18. The minimum absolute atomic E-state index is 0. The van der Waals surface area contributed by atoms with Crippen molar-refractivity contribution in [3.8, 4) is 0 Å². The number of hydrogen-bond donors (Lipinski definition) is 1. The first kappa shape index (κ1) is 21.7. The Morgan fingerprint density at radius 1 is 1.30 bits per heavy atom. The van der Waals surface area contributed by atoms with Gasteiger partial charge in [-0.05, 0) is 24.8 Å². The maximum atomic E-state index is 12.6. The van der Waals surface area contributed by atoms with Crippen LogP contribution in [0.1, 0.15) is 30.7 Å². The molecule has 9 heteroatoms. The third-order valence-corrected chi connectivity index (χ3v) is 5.22. The zero-order valence-electron chi connectivity index (χ0n) is 15.4. The number of aryl methyl sites for hydroxylation is 1. The average molecular weight is 415 g/mol. The average Bonchev–Trinajstić information content (AvgIpc) is 3.29. The topological polar surface area (TPSA) is 68.0 Å². The maximum Gasteiger partial charge on any atom is 0.222 e. The summed E-state index contributed by atoms with van der Waals surface area (Å²) in [7, 11) is 0. The van der Waals surface area contributed by atoms with Crippen LogP contribution in [0.15, 0.2) is 24.8 Å². The molecule has 150 valence electrons. The predicted octanol–water partition coefficient (Wildman–Crippen LogP) is 1.90. The van der Waals surface area contributed by atoms with Crippen LogP contribution in [0.4, 0.5) is 0 Å². The van der Waals surface area contributed by atoms with E-state index in [4.69, 9.17) is 0 Å². The van der Waals surface area contributed by atoms with Crippen LogP contribution in [0.2, 0.25) is 0 Å². The Labute approximate surface area is 172 Å². The molecule has 0 aliphatic carbocycles. The summed E-state index contributed by atoms with van der Waals surface area (Å²) in [5.41, 5.74) is 2.27. The highest BCUT2D eigenvalue weighted by atomic mass is 35.5. The standard InChI is InChI=1S/C18H26N6O.2ClH/c25-18(4-3-16-10-17-11-19-6-9-24(17)21-16)23-7-1-2-15(13-23)12-22-8-5-20-14-22;;/h5,8,10,14-15,19H,1-4,6-7,9,11-13H2;2*1H. The third kappa shape index (κ3) is 5.46. The summed E-state index contributed by atoms with van der Waals surface area (Å²) in [6, 6.07) is 2.14. The molecule has 0 bridgehead atoms. The van der Waals surface area contributed by atoms with Crippen LogP contribution in [0.3, 0.4) is 0 Å². The van der Waals surface area contributed by atoms with Gasteiger partial charge in [-0.3, -0.25) is 9.48 Å². The van der Waals surface area contributed by atoms with Crippen molar-refractivity contribution in [2.45, 2.75) is 45.3 Å². The van der Waals surface area contributed by atoms with E-state index in [1.807, 2.05) is 23.6 Å². The summed E-state index contributed by atoms with van der Waals surface area (Å²) in [5.74, 6) is 0.789. The van der Waals surface area contributed by atoms with Gasteiger partial charge in [0.2, 0.25) is 5.91 Å². The van der Waals surface area contributed by atoms with Crippen LogP contribution >= 0.6 is 24.8 Å². The molecule has 2 aliphatic heterocycles. The molecular formula is C18H28Cl2N6O. The second kappa shape index (κ2) is 10.1. The number of nitrogens with zero attached hydrogens (tertiary/aromatic N) is 5. The number of hydrogen-bond acceptors (Lipinski definition) is 4. The van der Waals surface area contributed by atoms with Crippen molar-refractivity contribution in [3.05, 3.63) is 36.2 Å². The first-order valence-corrected chi connectivity index (χ1v) is 9.28. The number of likely N-dealkylation sites (tertiary alicyclic amines) is 1. The van der Waals surface area contributed by atoms with Crippen molar-refractivity contribution in [3.63, 3.8) is 0 Å². The molecule has 4 heterocycles. The van der Waals surface area contributed by atoms with Crippen molar-refractivity contribution >= 4 is 30.7 Å². The van der Waals surface area contributed by atoms with Gasteiger partial charge in [-0.15, -0.1) is 24.8 Å². The van der Waals surface area contributed by atoms with E-state index in [2.05, 4.69) is 30.7 Å². The van der Waals surface area contributed by atoms with Crippen LogP contribution in [0, 0.1) is 5.92 Å². The number of rotatable bonds is 5. The maximum absolute atomic E-state index is 12.6. The van der Waals surface area contributed by atoms with Crippen LogP contribution in [-0.2, 0) is 30.8 Å². The van der Waals surface area contributed by atoms with Crippen LogP contribution < -0.4 is 5.32 Å². The van der Waals surface area contributed by atoms with Gasteiger partial charge in [0.15, 0.2) is 0 Å². The summed E-state index contributed by atoms with van der Waals surface area (Å²) in [5, 5.41) is 7.98. The number of nitrogens with one attached hydrogen (secondary N) is 1. The molecule has 27 heavy (non-hydrogen) atoms. The fourth-order valence-corrected chi connectivity index (χ4v) is 3.90. The Bertz CT molecular complexity index is 694. The number of aromatic nitrogens is 4. The second-order valence-corrected chi connectivity index (χ2v) is 7.13. The van der Waals surface area contributed by atoms with E-state index < -0.39 is 0 Å². The number of piperidine rings is 1. The Morgan fingerprint density at radius 2 is 2.19 bits per heavy atom. The summed E-state index contributed by atoms with van der Waals surface area (Å²) in [4.78, 5) is 18.8. The summed E-state index contributed by atoms with van der Waals surface area (Å²) in [6.45, 7) is 5.47. The molecule has 1 N–H and O–H groups in total. The van der Waals surface area contributed by atoms with E-state index in [9.17, 15) is 4.79 Å². The van der Waals surface area contributed by atoms with Crippen LogP contribution in [0.5, 0.6) is 0 Å². The lowest BCUT2D eigenvalue weighted by atomic mass is 9.97. The molecule has 1 amide bonds. The minimum atomic E-state index is 0. The second-order valence-electron chi connectivity index (χ2n) is 7.13. The zero-order valence-corrected chi connectivity index (χ0v) is 17.1. The van der Waals surface area contributed by atoms with E-state index in [1.54, 1.807) is 0 Å². The van der Waals surface area contributed by atoms with Gasteiger partial charge in [-0.1, -0.05) is 0 Å². The monoisotopic (exact) mass is 414 g/mol. The fourth-order valence-electron chi connectivity index (χ4n) is 3.90. The SMILES string of the molecule is Cl.Cl.O=C(CCc1cc2n(n1)CCNC2)N1CCCC(Cn2ccnc2)C1. The van der Waals surface area contributed by atoms with Crippen molar-refractivity contribution in [1.29, 1.82) is 0 Å². The molecular weight excluding hydrogens is 387 g/mol. The molecule has 2 aromatic rings. The zero-order chi connectivity index (χ0) is 17.1. The number of amides is 1. The molecule has 0 saturated carbocycles. The fraction of sp³-hybridized carbons (Fsp3) is 0.611. The smallest absolute Gasteiger partial charge is 0.222 e. The number of fused-ring (bicyclic) bond motifs is 1. The Hall–Kier alpha value is -1.57. The predicted molar refractivity (Wildman–Crippen MR) is 108 cm³/mol. The largest absolute Gasteiger partial charge is 0.342 e. The highest BCUT2D eigenvalue weighted by Crippen LogP contribution is 2.19. The highest BCUT2D eigenvalue weighted by Gasteiger charge is 2.24. The Balaban J connectivity index is 0.00000131. The van der Waals surface area contributed by atoms with Gasteiger partial charge in [0.25, 0.3) is 0 Å². The first-order chi connectivity index (χ1) is 12.3. The van der Waals surface area contributed by atoms with Crippen LogP contribution in [-0.4, -0.2) is 49.8 Å². The van der Waals surface area contributed by atoms with Gasteiger partial charge in [0.05, 0.1) is 24.3 Å². The lowest BCUT2D eigenvalue weighted by molar-refractivity contribution is -0.133. The van der Waals surface area contributed by atoms with Crippen molar-refractivity contribution < 1.29 is 4.79 Å². The number of carbonyl (C=O) groups excluding carboxylic acids is 1. The number of carbonyl (C=O) groups is 1. The van der Waals surface area contributed by atoms with Crippen LogP contribution in [0.25, 0.3) is 0 Å². The normalized spacial score (nSPS) is 19.0. The number of imidazole rings is 1. The van der Waals surface area contributed by atoms with E-state index in [0.29, 0.717) is 12.3 Å². The summed E-state index contributed by atoms with van der Waals surface area (Å²) in [6.07, 6.45) is 9.24. The van der Waals surface area contributed by atoms with Crippen molar-refractivity contribution in [2.75, 3.05) is 19.6 Å². The molecule has 1 saturated heterocycles. The molecule has 7 nitrogen and oxygen atoms in total. The lowest BCUT2D eigenvalue weighted by Gasteiger charge is -2.33. The van der Waals surface area contributed by atoms with E-state index in [1.165, 1.54) is 12.1 Å². The quantitative estimate of drug-likeness (QED) is 0.810. The molecule has 2 aromatic heterocycles. The lowest BCUT2D eigenvalue weighted by Crippen LogP contribution is -2.41. The molecule has 1 fully saturated rings. The Kier molecular flexibility index (Phi) is 8.13. The van der Waals surface area contributed by atoms with Crippen molar-refractivity contribution in [1.82, 2.24) is 29.5 Å². The van der Waals surface area contributed by atoms with Gasteiger partial charge >= 0.3 is 0 Å². The summed E-state index contributed by atoms with van der Waals surface area (Å²) >= 11 is 0. The molecule has 1 atom stereocenters. The van der Waals surface area contributed by atoms with E-state index >= 15 is 0 Å². The molecule has 0 aromatic carbocycles. The van der Waals surface area contributed by atoms with Gasteiger partial charge in [-0.25, -0.2) is 4.98 Å². The first-order valence-electron chi connectivity index (χ1n) is 9.28. The molecule has 4 rings (SSSR count). The van der Waals surface area contributed by atoms with Gasteiger partial charge < -0.3 is 14.8 Å². The number of halogens is 2. The van der Waals surface area contributed by atoms with Crippen molar-refractivity contribution in [2.24, 2.45) is 5.92 Å². The van der Waals surface area contributed by atoms with Gasteiger partial charge in [0.1, 0.15) is 0 Å². The Morgan fingerprint density at radius 3 is 2.96 bits per heavy atom. The van der Waals surface area contributed by atoms with Gasteiger partial charge in [0, 0.05) is 58.0 Å². The third-order valence-electron chi connectivity index (χ3n) is 5.22. The molecule has 2 aliphatic rings. The van der Waals surface area contributed by atoms with E-state index in [-0.39, 0.29) is 30.7 Å². The minimum Gasteiger partial charge on any atom is -0.342 e. The van der Waals surface area contributed by atoms with Gasteiger partial charge in [-0.2, -0.15) is 5.10 Å². The molecule has 1 unspecified atom stereocenters. The highest BCUT2D eigenvalue weighted by molar-refractivity contribution is 5.85. The molecule has 0 radical (unpaired) electrons. The van der Waals surface area contributed by atoms with E-state index in [0.717, 1.165) is 57.8 Å². The molecule has 0 spiro atoms.